The molecule has 2 rings (SSSR count). The fourth-order valence-corrected chi connectivity index (χ4v) is 2.11. The smallest absolute Gasteiger partial charge is 0.0924 e. The van der Waals surface area contributed by atoms with Gasteiger partial charge in [-0.3, -0.25) is 0 Å². The molecule has 0 aliphatic rings. The first-order valence-corrected chi connectivity index (χ1v) is 5.04. The van der Waals surface area contributed by atoms with E-state index in [2.05, 4.69) is 21.4 Å². The summed E-state index contributed by atoms with van der Waals surface area (Å²) in [6.45, 7) is 0.711. The minimum atomic E-state index is 0.711. The van der Waals surface area contributed by atoms with Crippen LogP contribution in [0.5, 0.6) is 0 Å². The number of imidazole rings is 1. The number of aromatic amines is 1. The van der Waals surface area contributed by atoms with E-state index in [9.17, 15) is 0 Å². The van der Waals surface area contributed by atoms with Crippen LogP contribution in [-0.4, -0.2) is 16.5 Å². The molecule has 0 unspecified atom stereocenters. The molecule has 2 heterocycles. The molecule has 0 amide bonds. The molecule has 2 aromatic rings. The number of thiophene rings is 1. The summed E-state index contributed by atoms with van der Waals surface area (Å²) in [4.78, 5) is 8.38. The highest BCUT2D eigenvalue weighted by Crippen LogP contribution is 2.23. The standard InChI is InChI=1S/C9H11N3S/c10-2-1-8-3-7(5-13-8)9-4-11-6-12-9/h3-6H,1-2,10H2,(H,11,12). The van der Waals surface area contributed by atoms with Gasteiger partial charge in [0, 0.05) is 15.8 Å². The van der Waals surface area contributed by atoms with Gasteiger partial charge in [-0.05, 0) is 19.0 Å². The molecule has 0 saturated carbocycles. The molecule has 0 fully saturated rings. The second-order valence-corrected chi connectivity index (χ2v) is 3.80. The molecule has 0 spiro atoms. The first-order valence-electron chi connectivity index (χ1n) is 4.16. The first-order chi connectivity index (χ1) is 6.40. The van der Waals surface area contributed by atoms with Crippen LogP contribution in [0.15, 0.2) is 24.0 Å². The van der Waals surface area contributed by atoms with Crippen molar-refractivity contribution in [1.82, 2.24) is 9.97 Å². The zero-order valence-corrected chi connectivity index (χ0v) is 7.97. The van der Waals surface area contributed by atoms with E-state index < -0.39 is 0 Å². The van der Waals surface area contributed by atoms with Crippen LogP contribution in [-0.2, 0) is 6.42 Å². The third-order valence-corrected chi connectivity index (χ3v) is 2.85. The SMILES string of the molecule is NCCc1cc(-c2cnc[nH]2)cs1. The van der Waals surface area contributed by atoms with Gasteiger partial charge in [0.15, 0.2) is 0 Å². The van der Waals surface area contributed by atoms with Crippen LogP contribution in [0.3, 0.4) is 0 Å². The molecular formula is C9H11N3S. The maximum atomic E-state index is 5.47. The highest BCUT2D eigenvalue weighted by Gasteiger charge is 2.02. The lowest BCUT2D eigenvalue weighted by atomic mass is 10.2. The van der Waals surface area contributed by atoms with Gasteiger partial charge in [0.2, 0.25) is 0 Å². The van der Waals surface area contributed by atoms with E-state index in [4.69, 9.17) is 5.73 Å². The van der Waals surface area contributed by atoms with E-state index in [0.29, 0.717) is 6.54 Å². The van der Waals surface area contributed by atoms with Gasteiger partial charge >= 0.3 is 0 Å². The van der Waals surface area contributed by atoms with Crippen molar-refractivity contribution in [2.24, 2.45) is 5.73 Å². The molecule has 2 aromatic heterocycles. The summed E-state index contributed by atoms with van der Waals surface area (Å²) >= 11 is 1.74. The Balaban J connectivity index is 2.23. The van der Waals surface area contributed by atoms with Crippen molar-refractivity contribution in [3.8, 4) is 11.3 Å². The van der Waals surface area contributed by atoms with Crippen LogP contribution in [0.25, 0.3) is 11.3 Å². The van der Waals surface area contributed by atoms with E-state index in [1.807, 2.05) is 6.20 Å². The number of nitrogens with two attached hydrogens (primary N) is 1. The highest BCUT2D eigenvalue weighted by atomic mass is 32.1. The molecule has 0 aliphatic heterocycles. The molecule has 0 radical (unpaired) electrons. The molecule has 0 bridgehead atoms. The van der Waals surface area contributed by atoms with Crippen molar-refractivity contribution >= 4 is 11.3 Å². The third kappa shape index (κ3) is 1.79. The van der Waals surface area contributed by atoms with Crippen LogP contribution >= 0.6 is 11.3 Å². The Kier molecular flexibility index (Phi) is 2.42. The predicted molar refractivity (Wildman–Crippen MR) is 54.7 cm³/mol. The number of nitrogens with zero attached hydrogens (tertiary/aromatic N) is 1. The van der Waals surface area contributed by atoms with Crippen molar-refractivity contribution in [2.75, 3.05) is 6.54 Å². The molecule has 68 valence electrons. The van der Waals surface area contributed by atoms with Crippen LogP contribution < -0.4 is 5.73 Å². The molecule has 0 aromatic carbocycles. The second-order valence-electron chi connectivity index (χ2n) is 2.81. The topological polar surface area (TPSA) is 54.7 Å². The van der Waals surface area contributed by atoms with E-state index in [1.54, 1.807) is 17.7 Å². The van der Waals surface area contributed by atoms with E-state index in [0.717, 1.165) is 12.1 Å². The molecule has 3 nitrogen and oxygen atoms in total. The van der Waals surface area contributed by atoms with Crippen molar-refractivity contribution in [2.45, 2.75) is 6.42 Å². The summed E-state index contributed by atoms with van der Waals surface area (Å²) < 4.78 is 0. The Morgan fingerprint density at radius 3 is 3.15 bits per heavy atom. The maximum absolute atomic E-state index is 5.47. The number of hydrogen-bond donors (Lipinski definition) is 2. The molecular weight excluding hydrogens is 182 g/mol. The predicted octanol–water partition coefficient (Wildman–Crippen LogP) is 1.64. The minimum Gasteiger partial charge on any atom is -0.345 e. The molecule has 0 saturated heterocycles. The quantitative estimate of drug-likeness (QED) is 0.778. The van der Waals surface area contributed by atoms with Gasteiger partial charge in [-0.2, -0.15) is 0 Å². The lowest BCUT2D eigenvalue weighted by Crippen LogP contribution is -2.00. The summed E-state index contributed by atoms with van der Waals surface area (Å²) in [5, 5.41) is 2.12. The fourth-order valence-electron chi connectivity index (χ4n) is 1.21. The second kappa shape index (κ2) is 3.72. The van der Waals surface area contributed by atoms with Crippen LogP contribution in [0.2, 0.25) is 0 Å². The Bertz CT molecular complexity index is 364. The number of hydrogen-bond acceptors (Lipinski definition) is 3. The average Bonchev–Trinajstić information content (AvgIpc) is 2.70. The van der Waals surface area contributed by atoms with Crippen LogP contribution in [0, 0.1) is 0 Å². The van der Waals surface area contributed by atoms with Gasteiger partial charge in [0.25, 0.3) is 0 Å². The Morgan fingerprint density at radius 1 is 1.54 bits per heavy atom. The molecule has 13 heavy (non-hydrogen) atoms. The van der Waals surface area contributed by atoms with Gasteiger partial charge in [0.1, 0.15) is 0 Å². The largest absolute Gasteiger partial charge is 0.345 e. The van der Waals surface area contributed by atoms with Crippen molar-refractivity contribution in [3.63, 3.8) is 0 Å². The molecule has 0 aliphatic carbocycles. The highest BCUT2D eigenvalue weighted by molar-refractivity contribution is 7.10. The molecule has 0 atom stereocenters. The number of aromatic nitrogens is 2. The third-order valence-electron chi connectivity index (χ3n) is 1.85. The van der Waals surface area contributed by atoms with Gasteiger partial charge in [-0.25, -0.2) is 4.98 Å². The number of H-pyrrole nitrogens is 1. The summed E-state index contributed by atoms with van der Waals surface area (Å²) in [5.74, 6) is 0. The minimum absolute atomic E-state index is 0.711. The lowest BCUT2D eigenvalue weighted by Gasteiger charge is -1.89. The zero-order valence-electron chi connectivity index (χ0n) is 7.16. The van der Waals surface area contributed by atoms with Crippen LogP contribution in [0.1, 0.15) is 4.88 Å². The van der Waals surface area contributed by atoms with Crippen molar-refractivity contribution in [1.29, 1.82) is 0 Å². The maximum Gasteiger partial charge on any atom is 0.0924 e. The number of nitrogens with one attached hydrogen (secondary N) is 1. The average molecular weight is 193 g/mol. The molecule has 4 heteroatoms. The van der Waals surface area contributed by atoms with Gasteiger partial charge in [-0.1, -0.05) is 0 Å². The van der Waals surface area contributed by atoms with Crippen LogP contribution in [0.4, 0.5) is 0 Å². The summed E-state index contributed by atoms with van der Waals surface area (Å²) in [5.41, 5.74) is 7.74. The fraction of sp³-hybridized carbons (Fsp3) is 0.222. The normalized spacial score (nSPS) is 10.5. The van der Waals surface area contributed by atoms with E-state index >= 15 is 0 Å². The summed E-state index contributed by atoms with van der Waals surface area (Å²) in [7, 11) is 0. The first kappa shape index (κ1) is 8.47. The van der Waals surface area contributed by atoms with E-state index in [-0.39, 0.29) is 0 Å². The van der Waals surface area contributed by atoms with Gasteiger partial charge < -0.3 is 10.7 Å². The monoisotopic (exact) mass is 193 g/mol. The Hall–Kier alpha value is -1.13. The van der Waals surface area contributed by atoms with E-state index in [1.165, 1.54) is 10.4 Å². The van der Waals surface area contributed by atoms with Gasteiger partial charge in [0.05, 0.1) is 18.2 Å². The zero-order chi connectivity index (χ0) is 9.10. The Labute approximate surface area is 80.6 Å². The summed E-state index contributed by atoms with van der Waals surface area (Å²) in [6, 6.07) is 2.16. The van der Waals surface area contributed by atoms with Gasteiger partial charge in [-0.15, -0.1) is 11.3 Å². The molecule has 3 N–H and O–H groups in total. The number of rotatable bonds is 3. The Morgan fingerprint density at radius 2 is 2.46 bits per heavy atom. The van der Waals surface area contributed by atoms with Crippen molar-refractivity contribution < 1.29 is 0 Å². The van der Waals surface area contributed by atoms with Crippen molar-refractivity contribution in [3.05, 3.63) is 28.8 Å². The summed E-state index contributed by atoms with van der Waals surface area (Å²) in [6.07, 6.45) is 4.47. The lowest BCUT2D eigenvalue weighted by molar-refractivity contribution is 0.989.